The van der Waals surface area contributed by atoms with Crippen LogP contribution in [0.25, 0.3) is 0 Å². The number of carbonyl (C=O) groups is 2. The molecular weight excluding hydrogens is 389 g/mol. The number of carbonyl (C=O) groups excluding carboxylic acids is 2. The number of nitrogens with zero attached hydrogens (tertiary/aromatic N) is 3. The molecular formula is C21H22FN5O3. The number of hydrogen-bond donors (Lipinski definition) is 2. The maximum absolute atomic E-state index is 13.7. The zero-order valence-corrected chi connectivity index (χ0v) is 16.8. The summed E-state index contributed by atoms with van der Waals surface area (Å²) in [5.74, 6) is -1.17. The first-order chi connectivity index (χ1) is 14.2. The van der Waals surface area contributed by atoms with Gasteiger partial charge in [-0.3, -0.25) is 10.1 Å². The molecule has 0 radical (unpaired) electrons. The molecule has 0 fully saturated rings. The van der Waals surface area contributed by atoms with E-state index in [2.05, 4.69) is 20.9 Å². The first-order valence-corrected chi connectivity index (χ1v) is 9.24. The lowest BCUT2D eigenvalue weighted by Crippen LogP contribution is -2.27. The van der Waals surface area contributed by atoms with Crippen LogP contribution in [-0.4, -0.2) is 32.6 Å². The Morgan fingerprint density at radius 1 is 1.07 bits per heavy atom. The van der Waals surface area contributed by atoms with Crippen molar-refractivity contribution in [1.29, 1.82) is 0 Å². The second-order valence-electron chi connectivity index (χ2n) is 7.56. The topological polar surface area (TPSA) is 98.1 Å². The van der Waals surface area contributed by atoms with E-state index in [0.717, 1.165) is 11.6 Å². The van der Waals surface area contributed by atoms with Gasteiger partial charge in [0, 0.05) is 0 Å². The molecule has 2 N–H and O–H groups in total. The van der Waals surface area contributed by atoms with Gasteiger partial charge < -0.3 is 10.1 Å². The molecule has 9 heteroatoms. The van der Waals surface area contributed by atoms with Crippen LogP contribution in [0.2, 0.25) is 0 Å². The molecule has 2 aromatic carbocycles. The van der Waals surface area contributed by atoms with E-state index in [0.29, 0.717) is 6.54 Å². The van der Waals surface area contributed by atoms with Gasteiger partial charge >= 0.3 is 6.09 Å². The van der Waals surface area contributed by atoms with Gasteiger partial charge in [0.1, 0.15) is 11.4 Å². The molecule has 0 saturated carbocycles. The van der Waals surface area contributed by atoms with Crippen LogP contribution in [0.15, 0.2) is 54.7 Å². The molecule has 0 unspecified atom stereocenters. The number of nitrogens with one attached hydrogen (secondary N) is 2. The summed E-state index contributed by atoms with van der Waals surface area (Å²) in [7, 11) is 0. The molecule has 0 spiro atoms. The van der Waals surface area contributed by atoms with E-state index in [9.17, 15) is 14.0 Å². The Kier molecular flexibility index (Phi) is 6.10. The Labute approximate surface area is 173 Å². The standard InChI is InChI=1S/C21H22FN5O3/c1-21(2,3)30-20(29)24-16-10-9-15(22)11-17(16)23-19(28)18-13-27(26-25-18)12-14-7-5-4-6-8-14/h4-11,13H,12H2,1-3H3,(H,23,28)(H,24,29). The molecule has 156 valence electrons. The number of rotatable bonds is 5. The van der Waals surface area contributed by atoms with Crippen molar-refractivity contribution < 1.29 is 18.7 Å². The number of benzene rings is 2. The maximum Gasteiger partial charge on any atom is 0.412 e. The highest BCUT2D eigenvalue weighted by Gasteiger charge is 2.19. The molecule has 8 nitrogen and oxygen atoms in total. The van der Waals surface area contributed by atoms with E-state index in [-0.39, 0.29) is 17.1 Å². The summed E-state index contributed by atoms with van der Waals surface area (Å²) in [5.41, 5.74) is 0.617. The quantitative estimate of drug-likeness (QED) is 0.660. The Hall–Kier alpha value is -3.75. The zero-order chi connectivity index (χ0) is 21.7. The van der Waals surface area contributed by atoms with E-state index in [1.54, 1.807) is 20.8 Å². The number of anilines is 2. The van der Waals surface area contributed by atoms with Crippen molar-refractivity contribution in [3.8, 4) is 0 Å². The minimum atomic E-state index is -0.724. The lowest BCUT2D eigenvalue weighted by molar-refractivity contribution is 0.0635. The Morgan fingerprint density at radius 2 is 1.80 bits per heavy atom. The van der Waals surface area contributed by atoms with Gasteiger partial charge in [-0.05, 0) is 44.5 Å². The van der Waals surface area contributed by atoms with E-state index >= 15 is 0 Å². The molecule has 1 heterocycles. The molecule has 0 bridgehead atoms. The minimum absolute atomic E-state index is 0.0541. The fraction of sp³-hybridized carbons (Fsp3) is 0.238. The molecule has 0 aliphatic carbocycles. The van der Waals surface area contributed by atoms with Crippen LogP contribution in [-0.2, 0) is 11.3 Å². The highest BCUT2D eigenvalue weighted by atomic mass is 19.1. The zero-order valence-electron chi connectivity index (χ0n) is 16.8. The second kappa shape index (κ2) is 8.73. The molecule has 3 aromatic rings. The molecule has 2 amide bonds. The van der Waals surface area contributed by atoms with Gasteiger partial charge in [-0.2, -0.15) is 0 Å². The summed E-state index contributed by atoms with van der Waals surface area (Å²) >= 11 is 0. The van der Waals surface area contributed by atoms with E-state index < -0.39 is 23.4 Å². The monoisotopic (exact) mass is 411 g/mol. The highest BCUT2D eigenvalue weighted by molar-refractivity contribution is 6.05. The fourth-order valence-corrected chi connectivity index (χ4v) is 2.58. The number of hydrogen-bond acceptors (Lipinski definition) is 5. The van der Waals surface area contributed by atoms with Crippen LogP contribution in [0.5, 0.6) is 0 Å². The third kappa shape index (κ3) is 5.87. The predicted molar refractivity (Wildman–Crippen MR) is 110 cm³/mol. The van der Waals surface area contributed by atoms with Gasteiger partial charge in [0.2, 0.25) is 0 Å². The van der Waals surface area contributed by atoms with E-state index in [4.69, 9.17) is 4.74 Å². The molecule has 0 atom stereocenters. The average molecular weight is 411 g/mol. The van der Waals surface area contributed by atoms with Gasteiger partial charge in [-0.15, -0.1) is 5.10 Å². The van der Waals surface area contributed by atoms with Gasteiger partial charge in [-0.1, -0.05) is 35.5 Å². The minimum Gasteiger partial charge on any atom is -0.444 e. The molecule has 0 saturated heterocycles. The highest BCUT2D eigenvalue weighted by Crippen LogP contribution is 2.24. The van der Waals surface area contributed by atoms with Gasteiger partial charge in [0.15, 0.2) is 5.69 Å². The Balaban J connectivity index is 1.72. The van der Waals surface area contributed by atoms with Gasteiger partial charge in [-0.25, -0.2) is 13.9 Å². The van der Waals surface area contributed by atoms with E-state index in [1.807, 2.05) is 30.3 Å². The third-order valence-corrected chi connectivity index (χ3v) is 3.82. The van der Waals surface area contributed by atoms with Crippen molar-refractivity contribution in [3.63, 3.8) is 0 Å². The first kappa shape index (κ1) is 21.0. The van der Waals surface area contributed by atoms with Crippen LogP contribution in [0.3, 0.4) is 0 Å². The van der Waals surface area contributed by atoms with Crippen LogP contribution in [0, 0.1) is 5.82 Å². The smallest absolute Gasteiger partial charge is 0.412 e. The summed E-state index contributed by atoms with van der Waals surface area (Å²) in [6.07, 6.45) is 0.765. The summed E-state index contributed by atoms with van der Waals surface area (Å²) in [6, 6.07) is 13.2. The van der Waals surface area contributed by atoms with E-state index in [1.165, 1.54) is 23.0 Å². The van der Waals surface area contributed by atoms with Crippen molar-refractivity contribution in [2.24, 2.45) is 0 Å². The average Bonchev–Trinajstić information content (AvgIpc) is 3.12. The van der Waals surface area contributed by atoms with Crippen molar-refractivity contribution in [2.45, 2.75) is 32.9 Å². The van der Waals surface area contributed by atoms with Gasteiger partial charge in [0.05, 0.1) is 24.1 Å². The number of ether oxygens (including phenoxy) is 1. The lowest BCUT2D eigenvalue weighted by Gasteiger charge is -2.20. The Morgan fingerprint density at radius 3 is 2.50 bits per heavy atom. The van der Waals surface area contributed by atoms with Crippen LogP contribution < -0.4 is 10.6 Å². The largest absolute Gasteiger partial charge is 0.444 e. The molecule has 3 rings (SSSR count). The molecule has 0 aliphatic rings. The van der Waals surface area contributed by atoms with Crippen LogP contribution in [0.1, 0.15) is 36.8 Å². The van der Waals surface area contributed by atoms with Crippen molar-refractivity contribution in [3.05, 3.63) is 71.8 Å². The molecule has 1 aromatic heterocycles. The first-order valence-electron chi connectivity index (χ1n) is 9.24. The maximum atomic E-state index is 13.7. The molecule has 30 heavy (non-hydrogen) atoms. The third-order valence-electron chi connectivity index (χ3n) is 3.82. The summed E-state index contributed by atoms with van der Waals surface area (Å²) in [4.78, 5) is 24.6. The molecule has 0 aliphatic heterocycles. The second-order valence-corrected chi connectivity index (χ2v) is 7.56. The van der Waals surface area contributed by atoms with Crippen molar-refractivity contribution >= 4 is 23.4 Å². The van der Waals surface area contributed by atoms with Crippen LogP contribution >= 0.6 is 0 Å². The lowest BCUT2D eigenvalue weighted by atomic mass is 10.2. The Bertz CT molecular complexity index is 1040. The number of amides is 2. The SMILES string of the molecule is CC(C)(C)OC(=O)Nc1ccc(F)cc1NC(=O)c1cn(Cc2ccccc2)nn1. The van der Waals surface area contributed by atoms with Crippen molar-refractivity contribution in [2.75, 3.05) is 10.6 Å². The normalized spacial score (nSPS) is 11.1. The number of halogens is 1. The van der Waals surface area contributed by atoms with Gasteiger partial charge in [0.25, 0.3) is 5.91 Å². The predicted octanol–water partition coefficient (Wildman–Crippen LogP) is 4.06. The fourth-order valence-electron chi connectivity index (χ4n) is 2.58. The summed E-state index contributed by atoms with van der Waals surface area (Å²) in [5, 5.41) is 12.9. The summed E-state index contributed by atoms with van der Waals surface area (Å²) in [6.45, 7) is 5.61. The van der Waals surface area contributed by atoms with Crippen LogP contribution in [0.4, 0.5) is 20.6 Å². The number of aromatic nitrogens is 3. The summed E-state index contributed by atoms with van der Waals surface area (Å²) < 4.78 is 20.4. The van der Waals surface area contributed by atoms with Crippen molar-refractivity contribution in [1.82, 2.24) is 15.0 Å².